The van der Waals surface area contributed by atoms with Crippen LogP contribution in [0.5, 0.6) is 0 Å². The van der Waals surface area contributed by atoms with Gasteiger partial charge in [0.1, 0.15) is 17.4 Å². The van der Waals surface area contributed by atoms with E-state index in [1.807, 2.05) is 20.8 Å². The van der Waals surface area contributed by atoms with Gasteiger partial charge in [0, 0.05) is 32.4 Å². The molecule has 0 rings (SSSR count). The molecule has 1 amide bonds. The predicted octanol–water partition coefficient (Wildman–Crippen LogP) is 2.35. The van der Waals surface area contributed by atoms with Crippen LogP contribution in [0, 0.1) is 5.41 Å². The lowest BCUT2D eigenvalue weighted by Crippen LogP contribution is -2.45. The topological polar surface area (TPSA) is 108 Å². The molecule has 7 nitrogen and oxygen atoms in total. The SMILES string of the molecule is CC(C)(C)CC(=O)N[C@@H](CCC(=O)CCCOCCN)C(=O)OC(C)(C)C. The number of hydrogen-bond donors (Lipinski definition) is 2. The van der Waals surface area contributed by atoms with Crippen molar-refractivity contribution in [1.82, 2.24) is 5.32 Å². The summed E-state index contributed by atoms with van der Waals surface area (Å²) in [4.78, 5) is 36.7. The molecule has 0 aromatic rings. The van der Waals surface area contributed by atoms with E-state index in [9.17, 15) is 14.4 Å². The van der Waals surface area contributed by atoms with Crippen LogP contribution in [0.1, 0.15) is 73.6 Å². The van der Waals surface area contributed by atoms with Gasteiger partial charge < -0.3 is 20.5 Å². The van der Waals surface area contributed by atoms with Gasteiger partial charge in [0.15, 0.2) is 0 Å². The molecule has 0 aromatic heterocycles. The number of nitrogens with one attached hydrogen (secondary N) is 1. The second-order valence-corrected chi connectivity index (χ2v) is 8.97. The van der Waals surface area contributed by atoms with E-state index in [4.69, 9.17) is 15.2 Å². The lowest BCUT2D eigenvalue weighted by Gasteiger charge is -2.25. The zero-order valence-corrected chi connectivity index (χ0v) is 17.9. The first-order valence-corrected chi connectivity index (χ1v) is 9.66. The van der Waals surface area contributed by atoms with Crippen LogP contribution in [-0.4, -0.2) is 49.1 Å². The summed E-state index contributed by atoms with van der Waals surface area (Å²) in [5, 5.41) is 2.73. The number of carbonyl (C=O) groups is 3. The highest BCUT2D eigenvalue weighted by Gasteiger charge is 2.28. The first-order valence-electron chi connectivity index (χ1n) is 9.66. The van der Waals surface area contributed by atoms with Crippen molar-refractivity contribution >= 4 is 17.7 Å². The molecule has 0 fully saturated rings. The summed E-state index contributed by atoms with van der Waals surface area (Å²) in [7, 11) is 0. The lowest BCUT2D eigenvalue weighted by atomic mass is 9.91. The first-order chi connectivity index (χ1) is 12.3. The Bertz CT molecular complexity index is 478. The largest absolute Gasteiger partial charge is 0.458 e. The van der Waals surface area contributed by atoms with Crippen molar-refractivity contribution < 1.29 is 23.9 Å². The Morgan fingerprint density at radius 2 is 1.63 bits per heavy atom. The minimum Gasteiger partial charge on any atom is -0.458 e. The third kappa shape index (κ3) is 15.3. The molecule has 0 aliphatic carbocycles. The summed E-state index contributed by atoms with van der Waals surface area (Å²) in [5.41, 5.74) is 4.48. The van der Waals surface area contributed by atoms with Crippen molar-refractivity contribution in [3.05, 3.63) is 0 Å². The van der Waals surface area contributed by atoms with Gasteiger partial charge >= 0.3 is 5.97 Å². The number of ether oxygens (including phenoxy) is 2. The summed E-state index contributed by atoms with van der Waals surface area (Å²) in [5.74, 6) is -0.699. The van der Waals surface area contributed by atoms with Gasteiger partial charge in [0.05, 0.1) is 6.61 Å². The first kappa shape index (κ1) is 25.5. The molecule has 0 unspecified atom stereocenters. The van der Waals surface area contributed by atoms with Crippen molar-refractivity contribution in [2.24, 2.45) is 11.1 Å². The predicted molar refractivity (Wildman–Crippen MR) is 105 cm³/mol. The second kappa shape index (κ2) is 12.1. The molecule has 0 heterocycles. The van der Waals surface area contributed by atoms with Crippen molar-refractivity contribution in [2.45, 2.75) is 85.3 Å². The maximum atomic E-state index is 12.4. The number of rotatable bonds is 12. The van der Waals surface area contributed by atoms with Crippen LogP contribution in [0.4, 0.5) is 0 Å². The van der Waals surface area contributed by atoms with Gasteiger partial charge in [-0.05, 0) is 39.0 Å². The van der Waals surface area contributed by atoms with Gasteiger partial charge in [-0.2, -0.15) is 0 Å². The van der Waals surface area contributed by atoms with E-state index in [0.717, 1.165) is 0 Å². The zero-order chi connectivity index (χ0) is 21.1. The molecule has 0 saturated heterocycles. The van der Waals surface area contributed by atoms with E-state index < -0.39 is 17.6 Å². The number of Topliss-reactive ketones (excluding diaryl/α,β-unsaturated/α-hetero) is 1. The Kier molecular flexibility index (Phi) is 11.4. The minimum absolute atomic E-state index is 0.0324. The van der Waals surface area contributed by atoms with Crippen molar-refractivity contribution in [3.63, 3.8) is 0 Å². The zero-order valence-electron chi connectivity index (χ0n) is 17.9. The molecule has 158 valence electrons. The number of hydrogen-bond acceptors (Lipinski definition) is 6. The summed E-state index contributed by atoms with van der Waals surface area (Å²) in [6, 6.07) is -0.823. The van der Waals surface area contributed by atoms with E-state index in [1.54, 1.807) is 20.8 Å². The van der Waals surface area contributed by atoms with Gasteiger partial charge in [-0.15, -0.1) is 0 Å². The molecule has 7 heteroatoms. The number of ketones is 1. The van der Waals surface area contributed by atoms with Crippen molar-refractivity contribution in [1.29, 1.82) is 0 Å². The van der Waals surface area contributed by atoms with Gasteiger partial charge in [0.2, 0.25) is 5.91 Å². The molecule has 0 bridgehead atoms. The lowest BCUT2D eigenvalue weighted by molar-refractivity contribution is -0.159. The van der Waals surface area contributed by atoms with Crippen LogP contribution >= 0.6 is 0 Å². The van der Waals surface area contributed by atoms with Gasteiger partial charge in [-0.1, -0.05) is 20.8 Å². The maximum Gasteiger partial charge on any atom is 0.329 e. The number of amides is 1. The summed E-state index contributed by atoms with van der Waals surface area (Å²) < 4.78 is 10.6. The standard InChI is InChI=1S/C20H38N2O5/c1-19(2,3)14-17(24)22-16(18(25)27-20(4,5)6)10-9-15(23)8-7-12-26-13-11-21/h16H,7-14,21H2,1-6H3,(H,22,24)/t16-/m0/s1. The molecule has 27 heavy (non-hydrogen) atoms. The van der Waals surface area contributed by atoms with Crippen molar-refractivity contribution in [3.8, 4) is 0 Å². The van der Waals surface area contributed by atoms with Crippen molar-refractivity contribution in [2.75, 3.05) is 19.8 Å². The van der Waals surface area contributed by atoms with Gasteiger partial charge in [-0.3, -0.25) is 9.59 Å². The molecule has 0 aliphatic rings. The Morgan fingerprint density at radius 3 is 2.15 bits per heavy atom. The maximum absolute atomic E-state index is 12.4. The molecule has 0 radical (unpaired) electrons. The van der Waals surface area contributed by atoms with Crippen LogP contribution in [0.15, 0.2) is 0 Å². The van der Waals surface area contributed by atoms with E-state index in [1.165, 1.54) is 0 Å². The Morgan fingerprint density at radius 1 is 1.00 bits per heavy atom. The smallest absolute Gasteiger partial charge is 0.329 e. The quantitative estimate of drug-likeness (QED) is 0.394. The number of esters is 1. The highest BCUT2D eigenvalue weighted by molar-refractivity contribution is 5.86. The minimum atomic E-state index is -0.823. The average Bonchev–Trinajstić information content (AvgIpc) is 2.47. The van der Waals surface area contributed by atoms with E-state index in [-0.39, 0.29) is 29.9 Å². The molecular formula is C20H38N2O5. The highest BCUT2D eigenvalue weighted by Crippen LogP contribution is 2.19. The second-order valence-electron chi connectivity index (χ2n) is 8.97. The normalized spacial score (nSPS) is 13.1. The van der Waals surface area contributed by atoms with E-state index in [0.29, 0.717) is 39.0 Å². The summed E-state index contributed by atoms with van der Waals surface area (Å²) in [6.07, 6.45) is 1.72. The molecule has 0 saturated carbocycles. The molecule has 1 atom stereocenters. The van der Waals surface area contributed by atoms with Crippen LogP contribution < -0.4 is 11.1 Å². The Labute approximate surface area is 163 Å². The van der Waals surface area contributed by atoms with Crippen LogP contribution in [0.3, 0.4) is 0 Å². The Hall–Kier alpha value is -1.47. The Balaban J connectivity index is 4.63. The van der Waals surface area contributed by atoms with Crippen LogP contribution in [0.2, 0.25) is 0 Å². The highest BCUT2D eigenvalue weighted by atomic mass is 16.6. The third-order valence-electron chi connectivity index (χ3n) is 3.44. The third-order valence-corrected chi connectivity index (χ3v) is 3.44. The fourth-order valence-corrected chi connectivity index (χ4v) is 2.34. The van der Waals surface area contributed by atoms with E-state index >= 15 is 0 Å². The fraction of sp³-hybridized carbons (Fsp3) is 0.850. The monoisotopic (exact) mass is 386 g/mol. The number of nitrogens with two attached hydrogens (primary N) is 1. The molecule has 0 spiro atoms. The summed E-state index contributed by atoms with van der Waals surface area (Å²) >= 11 is 0. The van der Waals surface area contributed by atoms with Gasteiger partial charge in [-0.25, -0.2) is 4.79 Å². The molecular weight excluding hydrogens is 348 g/mol. The van der Waals surface area contributed by atoms with E-state index in [2.05, 4.69) is 5.32 Å². The molecule has 3 N–H and O–H groups in total. The van der Waals surface area contributed by atoms with Crippen LogP contribution in [0.25, 0.3) is 0 Å². The summed E-state index contributed by atoms with van der Waals surface area (Å²) in [6.45, 7) is 12.6. The van der Waals surface area contributed by atoms with Crippen LogP contribution in [-0.2, 0) is 23.9 Å². The molecule has 0 aromatic carbocycles. The number of carbonyl (C=O) groups excluding carboxylic acids is 3. The van der Waals surface area contributed by atoms with Gasteiger partial charge in [0.25, 0.3) is 0 Å². The average molecular weight is 387 g/mol. The molecule has 0 aliphatic heterocycles. The fourth-order valence-electron chi connectivity index (χ4n) is 2.34.